The Bertz CT molecular complexity index is 375. The van der Waals surface area contributed by atoms with Crippen molar-refractivity contribution in [3.63, 3.8) is 0 Å². The van der Waals surface area contributed by atoms with E-state index in [1.165, 1.54) is 11.3 Å². The molecule has 96 valence electrons. The average molecular weight is 260 g/mol. The molecule has 2 unspecified atom stereocenters. The molecule has 1 heterocycles. The molecule has 1 nitrogen and oxygen atoms in total. The van der Waals surface area contributed by atoms with Crippen LogP contribution >= 0.6 is 11.3 Å². The summed E-state index contributed by atoms with van der Waals surface area (Å²) in [6.07, 6.45) is 1.24. The Labute approximate surface area is 104 Å². The SMILES string of the molecule is Cc1ccsc1C(O)CC1CCCC(F)(F)C1. The van der Waals surface area contributed by atoms with Gasteiger partial charge in [-0.2, -0.15) is 0 Å². The Hall–Kier alpha value is -0.480. The molecule has 1 aliphatic rings. The maximum absolute atomic E-state index is 13.2. The number of hydrogen-bond acceptors (Lipinski definition) is 2. The minimum Gasteiger partial charge on any atom is -0.388 e. The van der Waals surface area contributed by atoms with Gasteiger partial charge >= 0.3 is 0 Å². The molecular formula is C13H18F2OS. The molecule has 1 aliphatic carbocycles. The largest absolute Gasteiger partial charge is 0.388 e. The van der Waals surface area contributed by atoms with Crippen molar-refractivity contribution >= 4 is 11.3 Å². The van der Waals surface area contributed by atoms with Crippen molar-refractivity contribution in [2.75, 3.05) is 0 Å². The van der Waals surface area contributed by atoms with Crippen molar-refractivity contribution in [2.45, 2.75) is 51.1 Å². The summed E-state index contributed by atoms with van der Waals surface area (Å²) >= 11 is 1.51. The van der Waals surface area contributed by atoms with Crippen molar-refractivity contribution in [3.8, 4) is 0 Å². The lowest BCUT2D eigenvalue weighted by molar-refractivity contribution is -0.0589. The molecule has 2 rings (SSSR count). The van der Waals surface area contributed by atoms with Crippen LogP contribution in [0.2, 0.25) is 0 Å². The van der Waals surface area contributed by atoms with E-state index in [9.17, 15) is 13.9 Å². The lowest BCUT2D eigenvalue weighted by atomic mass is 9.83. The quantitative estimate of drug-likeness (QED) is 0.858. The van der Waals surface area contributed by atoms with Gasteiger partial charge in [0, 0.05) is 17.7 Å². The normalized spacial score (nSPS) is 25.8. The smallest absolute Gasteiger partial charge is 0.248 e. The van der Waals surface area contributed by atoms with Crippen molar-refractivity contribution in [1.82, 2.24) is 0 Å². The van der Waals surface area contributed by atoms with E-state index in [1.807, 2.05) is 18.4 Å². The third kappa shape index (κ3) is 3.26. The molecule has 4 heteroatoms. The van der Waals surface area contributed by atoms with Crippen LogP contribution in [0.15, 0.2) is 11.4 Å². The second-order valence-corrected chi connectivity index (χ2v) is 5.99. The van der Waals surface area contributed by atoms with Crippen LogP contribution in [0, 0.1) is 12.8 Å². The molecule has 17 heavy (non-hydrogen) atoms. The fourth-order valence-corrected chi connectivity index (χ4v) is 3.55. The Kier molecular flexibility index (Phi) is 3.83. The number of aliphatic hydroxyl groups excluding tert-OH is 1. The maximum Gasteiger partial charge on any atom is 0.248 e. The number of thiophene rings is 1. The van der Waals surface area contributed by atoms with Gasteiger partial charge in [0.25, 0.3) is 0 Å². The molecule has 0 bridgehead atoms. The summed E-state index contributed by atoms with van der Waals surface area (Å²) < 4.78 is 26.5. The first-order valence-corrected chi connectivity index (χ1v) is 6.96. The number of alkyl halides is 2. The van der Waals surface area contributed by atoms with Gasteiger partial charge < -0.3 is 5.11 Å². The Balaban J connectivity index is 1.95. The van der Waals surface area contributed by atoms with Gasteiger partial charge in [-0.05, 0) is 49.1 Å². The van der Waals surface area contributed by atoms with Gasteiger partial charge in [0.2, 0.25) is 5.92 Å². The fourth-order valence-electron chi connectivity index (χ4n) is 2.63. The second kappa shape index (κ2) is 5.02. The molecule has 1 N–H and O–H groups in total. The van der Waals surface area contributed by atoms with Gasteiger partial charge in [-0.25, -0.2) is 8.78 Å². The lowest BCUT2D eigenvalue weighted by Crippen LogP contribution is -2.27. The highest BCUT2D eigenvalue weighted by molar-refractivity contribution is 7.10. The van der Waals surface area contributed by atoms with Gasteiger partial charge in [0.15, 0.2) is 0 Å². The van der Waals surface area contributed by atoms with E-state index < -0.39 is 12.0 Å². The molecule has 0 amide bonds. The van der Waals surface area contributed by atoms with E-state index in [0.717, 1.165) is 16.9 Å². The van der Waals surface area contributed by atoms with Crippen LogP contribution in [0.25, 0.3) is 0 Å². The number of halogens is 2. The standard InChI is InChI=1S/C13H18F2OS/c1-9-4-6-17-12(9)11(16)7-10-3-2-5-13(14,15)8-10/h4,6,10-11,16H,2-3,5,7-8H2,1H3. The van der Waals surface area contributed by atoms with Crippen LogP contribution in [0.3, 0.4) is 0 Å². The number of rotatable bonds is 3. The number of aryl methyl sites for hydroxylation is 1. The molecule has 1 aromatic heterocycles. The van der Waals surface area contributed by atoms with Crippen molar-refractivity contribution in [1.29, 1.82) is 0 Å². The van der Waals surface area contributed by atoms with Gasteiger partial charge in [-0.1, -0.05) is 0 Å². The zero-order valence-electron chi connectivity index (χ0n) is 9.96. The fraction of sp³-hybridized carbons (Fsp3) is 0.692. The van der Waals surface area contributed by atoms with Crippen LogP contribution in [-0.4, -0.2) is 11.0 Å². The molecule has 0 radical (unpaired) electrons. The maximum atomic E-state index is 13.2. The van der Waals surface area contributed by atoms with Crippen molar-refractivity contribution in [3.05, 3.63) is 21.9 Å². The molecule has 0 spiro atoms. The topological polar surface area (TPSA) is 20.2 Å². The van der Waals surface area contributed by atoms with Crippen LogP contribution in [-0.2, 0) is 0 Å². The molecule has 2 atom stereocenters. The Morgan fingerprint density at radius 3 is 2.94 bits per heavy atom. The van der Waals surface area contributed by atoms with Crippen LogP contribution in [0.4, 0.5) is 8.78 Å². The number of aliphatic hydroxyl groups is 1. The van der Waals surface area contributed by atoms with Crippen molar-refractivity contribution < 1.29 is 13.9 Å². The monoisotopic (exact) mass is 260 g/mol. The second-order valence-electron chi connectivity index (χ2n) is 5.04. The highest BCUT2D eigenvalue weighted by atomic mass is 32.1. The molecule has 1 saturated carbocycles. The van der Waals surface area contributed by atoms with Gasteiger partial charge in [0.05, 0.1) is 6.10 Å². The first-order valence-electron chi connectivity index (χ1n) is 6.08. The zero-order valence-corrected chi connectivity index (χ0v) is 10.8. The first-order chi connectivity index (χ1) is 7.98. The highest BCUT2D eigenvalue weighted by Crippen LogP contribution is 2.41. The van der Waals surface area contributed by atoms with E-state index in [1.54, 1.807) is 0 Å². The molecule has 0 aliphatic heterocycles. The summed E-state index contributed by atoms with van der Waals surface area (Å²) in [6.45, 7) is 1.95. The van der Waals surface area contributed by atoms with E-state index in [2.05, 4.69) is 0 Å². The highest BCUT2D eigenvalue weighted by Gasteiger charge is 2.37. The molecule has 1 aromatic rings. The first kappa shape index (κ1) is 13.0. The third-order valence-electron chi connectivity index (χ3n) is 3.50. The summed E-state index contributed by atoms with van der Waals surface area (Å²) in [7, 11) is 0. The predicted octanol–water partition coefficient (Wildman–Crippen LogP) is 4.31. The molecular weight excluding hydrogens is 242 g/mol. The predicted molar refractivity (Wildman–Crippen MR) is 65.5 cm³/mol. The van der Waals surface area contributed by atoms with Crippen LogP contribution in [0.5, 0.6) is 0 Å². The van der Waals surface area contributed by atoms with E-state index in [-0.39, 0.29) is 18.8 Å². The van der Waals surface area contributed by atoms with Gasteiger partial charge in [0.1, 0.15) is 0 Å². The minimum absolute atomic E-state index is 0.0115. The van der Waals surface area contributed by atoms with E-state index in [4.69, 9.17) is 0 Å². The van der Waals surface area contributed by atoms with Crippen LogP contribution in [0.1, 0.15) is 48.6 Å². The number of hydrogen-bond donors (Lipinski definition) is 1. The zero-order chi connectivity index (χ0) is 12.5. The summed E-state index contributed by atoms with van der Waals surface area (Å²) in [5.41, 5.74) is 1.06. The van der Waals surface area contributed by atoms with Crippen LogP contribution < -0.4 is 0 Å². The van der Waals surface area contributed by atoms with E-state index in [0.29, 0.717) is 12.8 Å². The summed E-state index contributed by atoms with van der Waals surface area (Å²) in [5.74, 6) is -2.57. The molecule has 0 aromatic carbocycles. The Morgan fingerprint density at radius 2 is 2.35 bits per heavy atom. The Morgan fingerprint density at radius 1 is 1.59 bits per heavy atom. The lowest BCUT2D eigenvalue weighted by Gasteiger charge is -2.30. The van der Waals surface area contributed by atoms with E-state index >= 15 is 0 Å². The minimum atomic E-state index is -2.52. The molecule has 0 saturated heterocycles. The molecule has 1 fully saturated rings. The van der Waals surface area contributed by atoms with Gasteiger partial charge in [-0.15, -0.1) is 11.3 Å². The van der Waals surface area contributed by atoms with Gasteiger partial charge in [-0.3, -0.25) is 0 Å². The summed E-state index contributed by atoms with van der Waals surface area (Å²) in [4.78, 5) is 0.930. The third-order valence-corrected chi connectivity index (χ3v) is 4.62. The summed E-state index contributed by atoms with van der Waals surface area (Å²) in [5, 5.41) is 12.0. The summed E-state index contributed by atoms with van der Waals surface area (Å²) in [6, 6.07) is 1.96. The average Bonchev–Trinajstić information content (AvgIpc) is 2.62. The van der Waals surface area contributed by atoms with Crippen molar-refractivity contribution in [2.24, 2.45) is 5.92 Å².